The maximum absolute atomic E-state index is 11.8. The molecule has 0 spiro atoms. The Kier molecular flexibility index (Phi) is 4.37. The van der Waals surface area contributed by atoms with Gasteiger partial charge in [-0.1, -0.05) is 23.7 Å². The topological polar surface area (TPSA) is 62.5 Å². The predicted octanol–water partition coefficient (Wildman–Crippen LogP) is 3.75. The third kappa shape index (κ3) is 3.38. The molecule has 2 aromatic carbocycles. The first-order chi connectivity index (χ1) is 11.0. The van der Waals surface area contributed by atoms with E-state index in [1.165, 1.54) is 6.07 Å². The van der Waals surface area contributed by atoms with E-state index in [1.807, 2.05) is 24.3 Å². The van der Waals surface area contributed by atoms with Crippen molar-refractivity contribution in [3.05, 3.63) is 74.6 Å². The molecule has 4 nitrogen and oxygen atoms in total. The summed E-state index contributed by atoms with van der Waals surface area (Å²) in [7, 11) is 0. The van der Waals surface area contributed by atoms with E-state index in [-0.39, 0.29) is 5.75 Å². The normalized spacial score (nSPS) is 11.0. The molecule has 0 fully saturated rings. The lowest BCUT2D eigenvalue weighted by molar-refractivity contribution is 0.468. The van der Waals surface area contributed by atoms with Gasteiger partial charge in [-0.05, 0) is 42.3 Å². The highest BCUT2D eigenvalue weighted by Gasteiger charge is 2.10. The van der Waals surface area contributed by atoms with Crippen molar-refractivity contribution in [2.24, 2.45) is 0 Å². The average Bonchev–Trinajstić information content (AvgIpc) is 2.51. The van der Waals surface area contributed by atoms with E-state index in [4.69, 9.17) is 16.0 Å². The molecule has 0 radical (unpaired) electrons. The lowest BCUT2D eigenvalue weighted by Crippen LogP contribution is -2.14. The zero-order chi connectivity index (χ0) is 16.4. The van der Waals surface area contributed by atoms with Crippen molar-refractivity contribution in [3.63, 3.8) is 0 Å². The van der Waals surface area contributed by atoms with E-state index in [0.717, 1.165) is 16.5 Å². The minimum Gasteiger partial charge on any atom is -0.508 e. The highest BCUT2D eigenvalue weighted by Crippen LogP contribution is 2.27. The van der Waals surface area contributed by atoms with Crippen molar-refractivity contribution in [2.75, 3.05) is 0 Å². The van der Waals surface area contributed by atoms with Gasteiger partial charge in [0.1, 0.15) is 11.3 Å². The number of nitrogens with one attached hydrogen (secondary N) is 1. The third-order valence-corrected chi connectivity index (χ3v) is 3.99. The van der Waals surface area contributed by atoms with Crippen LogP contribution in [0.15, 0.2) is 51.7 Å². The Bertz CT molecular complexity index is 918. The first-order valence-electron chi connectivity index (χ1n) is 7.25. The fourth-order valence-corrected chi connectivity index (χ4v) is 2.76. The van der Waals surface area contributed by atoms with Gasteiger partial charge in [-0.2, -0.15) is 0 Å². The lowest BCUT2D eigenvalue weighted by Gasteiger charge is -2.09. The van der Waals surface area contributed by atoms with Gasteiger partial charge in [0.2, 0.25) is 0 Å². The molecule has 2 N–H and O–H groups in total. The van der Waals surface area contributed by atoms with Crippen LogP contribution in [0.4, 0.5) is 0 Å². The van der Waals surface area contributed by atoms with Gasteiger partial charge >= 0.3 is 5.63 Å². The van der Waals surface area contributed by atoms with Crippen molar-refractivity contribution >= 4 is 22.6 Å². The Balaban J connectivity index is 1.85. The number of phenols is 1. The summed E-state index contributed by atoms with van der Waals surface area (Å²) in [5.41, 5.74) is 2.47. The van der Waals surface area contributed by atoms with Crippen LogP contribution in [0.25, 0.3) is 11.0 Å². The third-order valence-electron chi connectivity index (χ3n) is 3.75. The van der Waals surface area contributed by atoms with Gasteiger partial charge in [-0.3, -0.25) is 0 Å². The highest BCUT2D eigenvalue weighted by atomic mass is 35.5. The average molecular weight is 330 g/mol. The monoisotopic (exact) mass is 329 g/mol. The molecule has 0 saturated carbocycles. The number of aromatic hydroxyl groups is 1. The van der Waals surface area contributed by atoms with Crippen molar-refractivity contribution in [1.29, 1.82) is 0 Å². The maximum Gasteiger partial charge on any atom is 0.336 e. The van der Waals surface area contributed by atoms with Crippen molar-refractivity contribution in [1.82, 2.24) is 5.32 Å². The Morgan fingerprint density at radius 3 is 2.78 bits per heavy atom. The number of benzene rings is 2. The standard InChI is InChI=1S/C18H16ClNO3/c1-11-16(21)6-5-15-13(8-17(22)23-18(11)15)10-20-9-12-3-2-4-14(19)7-12/h2-8,20-21H,9-10H2,1H3. The Morgan fingerprint density at radius 1 is 1.17 bits per heavy atom. The molecule has 0 unspecified atom stereocenters. The maximum atomic E-state index is 11.8. The number of hydrogen-bond donors (Lipinski definition) is 2. The molecule has 5 heteroatoms. The van der Waals surface area contributed by atoms with Crippen molar-refractivity contribution < 1.29 is 9.52 Å². The Labute approximate surface area is 138 Å². The zero-order valence-corrected chi connectivity index (χ0v) is 13.4. The van der Waals surface area contributed by atoms with Gasteiger partial charge in [0, 0.05) is 35.1 Å². The molecule has 1 aromatic heterocycles. The van der Waals surface area contributed by atoms with E-state index < -0.39 is 5.63 Å². The van der Waals surface area contributed by atoms with Crippen molar-refractivity contribution in [3.8, 4) is 5.75 Å². The van der Waals surface area contributed by atoms with Gasteiger partial charge in [0.25, 0.3) is 0 Å². The second kappa shape index (κ2) is 6.44. The smallest absolute Gasteiger partial charge is 0.336 e. The highest BCUT2D eigenvalue weighted by molar-refractivity contribution is 6.30. The summed E-state index contributed by atoms with van der Waals surface area (Å²) in [6, 6.07) is 12.5. The summed E-state index contributed by atoms with van der Waals surface area (Å²) in [4.78, 5) is 11.8. The molecule has 3 aromatic rings. The minimum atomic E-state index is -0.425. The van der Waals surface area contributed by atoms with Crippen LogP contribution in [-0.4, -0.2) is 5.11 Å². The van der Waals surface area contributed by atoms with E-state index in [1.54, 1.807) is 19.1 Å². The van der Waals surface area contributed by atoms with Crippen LogP contribution >= 0.6 is 11.6 Å². The predicted molar refractivity (Wildman–Crippen MR) is 90.9 cm³/mol. The molecule has 0 bridgehead atoms. The largest absolute Gasteiger partial charge is 0.508 e. The van der Waals surface area contributed by atoms with Crippen LogP contribution in [0.2, 0.25) is 5.02 Å². The molecule has 0 aliphatic carbocycles. The molecule has 1 heterocycles. The number of hydrogen-bond acceptors (Lipinski definition) is 4. The van der Waals surface area contributed by atoms with E-state index in [2.05, 4.69) is 5.32 Å². The molecule has 0 aliphatic rings. The van der Waals surface area contributed by atoms with Crippen LogP contribution in [0, 0.1) is 6.92 Å². The number of aryl methyl sites for hydroxylation is 1. The fourth-order valence-electron chi connectivity index (χ4n) is 2.55. The SMILES string of the molecule is Cc1c(O)ccc2c(CNCc3cccc(Cl)c3)cc(=O)oc12. The van der Waals surface area contributed by atoms with Gasteiger partial charge in [0.05, 0.1) is 0 Å². The molecule has 0 atom stereocenters. The molecule has 118 valence electrons. The fraction of sp³-hybridized carbons (Fsp3) is 0.167. The molecular formula is C18H16ClNO3. The molecule has 23 heavy (non-hydrogen) atoms. The van der Waals surface area contributed by atoms with Gasteiger partial charge in [-0.25, -0.2) is 4.79 Å². The first-order valence-corrected chi connectivity index (χ1v) is 7.63. The van der Waals surface area contributed by atoms with Gasteiger partial charge in [0.15, 0.2) is 0 Å². The summed E-state index contributed by atoms with van der Waals surface area (Å²) >= 11 is 5.97. The second-order valence-corrected chi connectivity index (χ2v) is 5.85. The molecule has 0 aliphatic heterocycles. The molecule has 0 saturated heterocycles. The second-order valence-electron chi connectivity index (χ2n) is 5.41. The quantitative estimate of drug-likeness (QED) is 0.716. The number of phenolic OH excluding ortho intramolecular Hbond substituents is 1. The van der Waals surface area contributed by atoms with E-state index in [9.17, 15) is 9.90 Å². The van der Waals surface area contributed by atoms with Crippen LogP contribution in [0.1, 0.15) is 16.7 Å². The Morgan fingerprint density at radius 2 is 2.00 bits per heavy atom. The summed E-state index contributed by atoms with van der Waals surface area (Å²) in [6.45, 7) is 2.88. The first kappa shape index (κ1) is 15.6. The van der Waals surface area contributed by atoms with Gasteiger partial charge < -0.3 is 14.8 Å². The number of halogens is 1. The van der Waals surface area contributed by atoms with E-state index in [0.29, 0.717) is 29.3 Å². The minimum absolute atomic E-state index is 0.115. The van der Waals surface area contributed by atoms with Crippen LogP contribution in [0.5, 0.6) is 5.75 Å². The Hall–Kier alpha value is -2.30. The molecular weight excluding hydrogens is 314 g/mol. The summed E-state index contributed by atoms with van der Waals surface area (Å²) < 4.78 is 5.23. The zero-order valence-electron chi connectivity index (χ0n) is 12.6. The van der Waals surface area contributed by atoms with E-state index >= 15 is 0 Å². The van der Waals surface area contributed by atoms with Crippen molar-refractivity contribution in [2.45, 2.75) is 20.0 Å². The van der Waals surface area contributed by atoms with Gasteiger partial charge in [-0.15, -0.1) is 0 Å². The molecule has 3 rings (SSSR count). The number of rotatable bonds is 4. The van der Waals surface area contributed by atoms with Crippen LogP contribution in [-0.2, 0) is 13.1 Å². The molecule has 0 amide bonds. The summed E-state index contributed by atoms with van der Waals surface area (Å²) in [5, 5.41) is 14.6. The summed E-state index contributed by atoms with van der Waals surface area (Å²) in [5.74, 6) is 0.115. The number of fused-ring (bicyclic) bond motifs is 1. The lowest BCUT2D eigenvalue weighted by atomic mass is 10.1. The summed E-state index contributed by atoms with van der Waals surface area (Å²) in [6.07, 6.45) is 0. The van der Waals surface area contributed by atoms with Crippen LogP contribution < -0.4 is 10.9 Å². The van der Waals surface area contributed by atoms with Crippen LogP contribution in [0.3, 0.4) is 0 Å².